The van der Waals surface area contributed by atoms with Gasteiger partial charge in [0.1, 0.15) is 0 Å². The molecule has 1 heterocycles. The molecule has 0 aromatic rings. The SMILES string of the molecule is CCC(C)NC(=O)CN1CCC(OCCN)CC1. The Hall–Kier alpha value is -0.650. The van der Waals surface area contributed by atoms with Crippen LogP contribution in [0.3, 0.4) is 0 Å². The molecule has 0 spiro atoms. The number of nitrogens with zero attached hydrogens (tertiary/aromatic N) is 1. The molecule has 1 aliphatic rings. The van der Waals surface area contributed by atoms with Crippen LogP contribution in [-0.2, 0) is 9.53 Å². The average Bonchev–Trinajstić information content (AvgIpc) is 2.37. The van der Waals surface area contributed by atoms with E-state index in [0.29, 0.717) is 25.8 Å². The van der Waals surface area contributed by atoms with Crippen molar-refractivity contribution in [1.29, 1.82) is 0 Å². The number of nitrogens with two attached hydrogens (primary N) is 1. The molecule has 0 aromatic heterocycles. The van der Waals surface area contributed by atoms with Gasteiger partial charge in [0.25, 0.3) is 0 Å². The summed E-state index contributed by atoms with van der Waals surface area (Å²) in [5, 5.41) is 2.99. The fourth-order valence-corrected chi connectivity index (χ4v) is 2.09. The van der Waals surface area contributed by atoms with Crippen LogP contribution in [0.1, 0.15) is 33.1 Å². The maximum Gasteiger partial charge on any atom is 0.234 e. The molecule has 0 aromatic carbocycles. The summed E-state index contributed by atoms with van der Waals surface area (Å²) in [6.07, 6.45) is 3.29. The number of carbonyl (C=O) groups excluding carboxylic acids is 1. The Morgan fingerprint density at radius 1 is 1.50 bits per heavy atom. The predicted molar refractivity (Wildman–Crippen MR) is 72.4 cm³/mol. The maximum atomic E-state index is 11.7. The van der Waals surface area contributed by atoms with Crippen molar-refractivity contribution in [3.63, 3.8) is 0 Å². The highest BCUT2D eigenvalue weighted by Crippen LogP contribution is 2.13. The molecule has 1 atom stereocenters. The van der Waals surface area contributed by atoms with Gasteiger partial charge in [-0.25, -0.2) is 0 Å². The van der Waals surface area contributed by atoms with E-state index in [1.54, 1.807) is 0 Å². The van der Waals surface area contributed by atoms with Crippen LogP contribution in [0.25, 0.3) is 0 Å². The van der Waals surface area contributed by atoms with Crippen molar-refractivity contribution in [2.24, 2.45) is 5.73 Å². The van der Waals surface area contributed by atoms with Gasteiger partial charge in [-0.2, -0.15) is 0 Å². The number of amides is 1. The van der Waals surface area contributed by atoms with Crippen LogP contribution in [0, 0.1) is 0 Å². The highest BCUT2D eigenvalue weighted by atomic mass is 16.5. The Bertz CT molecular complexity index is 240. The summed E-state index contributed by atoms with van der Waals surface area (Å²) in [6, 6.07) is 0.267. The van der Waals surface area contributed by atoms with E-state index in [1.165, 1.54) is 0 Å². The summed E-state index contributed by atoms with van der Waals surface area (Å²) in [7, 11) is 0. The highest BCUT2D eigenvalue weighted by Gasteiger charge is 2.21. The van der Waals surface area contributed by atoms with Gasteiger partial charge in [0.05, 0.1) is 19.3 Å². The van der Waals surface area contributed by atoms with E-state index < -0.39 is 0 Å². The molecule has 18 heavy (non-hydrogen) atoms. The minimum Gasteiger partial charge on any atom is -0.377 e. The van der Waals surface area contributed by atoms with Crippen molar-refractivity contribution in [2.75, 3.05) is 32.8 Å². The molecule has 1 aliphatic heterocycles. The first kappa shape index (κ1) is 15.4. The van der Waals surface area contributed by atoms with Crippen molar-refractivity contribution >= 4 is 5.91 Å². The number of likely N-dealkylation sites (tertiary alicyclic amines) is 1. The zero-order valence-corrected chi connectivity index (χ0v) is 11.7. The molecule has 5 heteroatoms. The van der Waals surface area contributed by atoms with Gasteiger partial charge in [0, 0.05) is 25.7 Å². The van der Waals surface area contributed by atoms with E-state index in [1.807, 2.05) is 6.92 Å². The summed E-state index contributed by atoms with van der Waals surface area (Å²) in [5.74, 6) is 0.130. The fourth-order valence-electron chi connectivity index (χ4n) is 2.09. The largest absolute Gasteiger partial charge is 0.377 e. The normalized spacial score (nSPS) is 19.7. The van der Waals surface area contributed by atoms with Crippen molar-refractivity contribution < 1.29 is 9.53 Å². The molecule has 3 N–H and O–H groups in total. The molecular weight excluding hydrogens is 230 g/mol. The zero-order valence-electron chi connectivity index (χ0n) is 11.7. The van der Waals surface area contributed by atoms with Gasteiger partial charge in [-0.3, -0.25) is 9.69 Å². The van der Waals surface area contributed by atoms with Crippen molar-refractivity contribution in [3.05, 3.63) is 0 Å². The molecule has 1 unspecified atom stereocenters. The molecule has 106 valence electrons. The lowest BCUT2D eigenvalue weighted by atomic mass is 10.1. The summed E-state index contributed by atoms with van der Waals surface area (Å²) in [6.45, 7) is 7.70. The monoisotopic (exact) mass is 257 g/mol. The second-order valence-electron chi connectivity index (χ2n) is 5.01. The Kier molecular flexibility index (Phi) is 7.23. The van der Waals surface area contributed by atoms with E-state index in [9.17, 15) is 4.79 Å². The van der Waals surface area contributed by atoms with Crippen LogP contribution >= 0.6 is 0 Å². The zero-order chi connectivity index (χ0) is 13.4. The molecule has 1 rings (SSSR count). The number of hydrogen-bond acceptors (Lipinski definition) is 4. The molecule has 0 saturated carbocycles. The fraction of sp³-hybridized carbons (Fsp3) is 0.923. The lowest BCUT2D eigenvalue weighted by Gasteiger charge is -2.31. The molecule has 0 bridgehead atoms. The Morgan fingerprint density at radius 3 is 2.72 bits per heavy atom. The minimum atomic E-state index is 0.130. The third kappa shape index (κ3) is 5.80. The van der Waals surface area contributed by atoms with E-state index in [-0.39, 0.29) is 11.9 Å². The van der Waals surface area contributed by atoms with E-state index in [2.05, 4.69) is 17.1 Å². The number of carbonyl (C=O) groups is 1. The van der Waals surface area contributed by atoms with Gasteiger partial charge in [0.15, 0.2) is 0 Å². The lowest BCUT2D eigenvalue weighted by Crippen LogP contribution is -2.45. The number of hydrogen-bond donors (Lipinski definition) is 2. The third-order valence-electron chi connectivity index (χ3n) is 3.39. The molecule has 1 saturated heterocycles. The first-order chi connectivity index (χ1) is 8.65. The topological polar surface area (TPSA) is 67.6 Å². The van der Waals surface area contributed by atoms with Gasteiger partial charge in [-0.15, -0.1) is 0 Å². The van der Waals surface area contributed by atoms with Crippen molar-refractivity contribution in [3.8, 4) is 0 Å². The third-order valence-corrected chi connectivity index (χ3v) is 3.39. The molecule has 1 fully saturated rings. The molecule has 1 amide bonds. The second-order valence-corrected chi connectivity index (χ2v) is 5.01. The smallest absolute Gasteiger partial charge is 0.234 e. The van der Waals surface area contributed by atoms with Crippen molar-refractivity contribution in [1.82, 2.24) is 10.2 Å². The predicted octanol–water partition coefficient (Wildman–Crippen LogP) is 0.341. The van der Waals surface area contributed by atoms with E-state index in [4.69, 9.17) is 10.5 Å². The number of piperidine rings is 1. The molecule has 0 radical (unpaired) electrons. The summed E-state index contributed by atoms with van der Waals surface area (Å²) in [4.78, 5) is 13.9. The quantitative estimate of drug-likeness (QED) is 0.690. The Balaban J connectivity index is 2.16. The standard InChI is InChI=1S/C13H27N3O2/c1-3-11(2)15-13(17)10-16-7-4-12(5-8-16)18-9-6-14/h11-12H,3-10,14H2,1-2H3,(H,15,17). The molecule has 0 aliphatic carbocycles. The average molecular weight is 257 g/mol. The van der Waals surface area contributed by atoms with Crippen LogP contribution in [0.4, 0.5) is 0 Å². The van der Waals surface area contributed by atoms with E-state index >= 15 is 0 Å². The lowest BCUT2D eigenvalue weighted by molar-refractivity contribution is -0.123. The van der Waals surface area contributed by atoms with Gasteiger partial charge >= 0.3 is 0 Å². The van der Waals surface area contributed by atoms with Gasteiger partial charge in [-0.1, -0.05) is 6.92 Å². The summed E-state index contributed by atoms with van der Waals surface area (Å²) >= 11 is 0. The van der Waals surface area contributed by atoms with E-state index in [0.717, 1.165) is 32.4 Å². The van der Waals surface area contributed by atoms with Crippen LogP contribution in [0.2, 0.25) is 0 Å². The number of rotatable bonds is 7. The molecule has 5 nitrogen and oxygen atoms in total. The van der Waals surface area contributed by atoms with Gasteiger partial charge in [0.2, 0.25) is 5.91 Å². The van der Waals surface area contributed by atoms with Crippen molar-refractivity contribution in [2.45, 2.75) is 45.3 Å². The first-order valence-corrected chi connectivity index (χ1v) is 6.99. The summed E-state index contributed by atoms with van der Waals surface area (Å²) < 4.78 is 5.62. The molecular formula is C13H27N3O2. The van der Waals surface area contributed by atoms with Gasteiger partial charge in [-0.05, 0) is 26.2 Å². The number of ether oxygens (including phenoxy) is 1. The first-order valence-electron chi connectivity index (χ1n) is 6.99. The Labute approximate surface area is 110 Å². The Morgan fingerprint density at radius 2 is 2.17 bits per heavy atom. The van der Waals surface area contributed by atoms with Crippen LogP contribution in [0.15, 0.2) is 0 Å². The maximum absolute atomic E-state index is 11.7. The van der Waals surface area contributed by atoms with Gasteiger partial charge < -0.3 is 15.8 Å². The van der Waals surface area contributed by atoms with Crippen LogP contribution < -0.4 is 11.1 Å². The summed E-state index contributed by atoms with van der Waals surface area (Å²) in [5.41, 5.74) is 5.41. The number of nitrogens with one attached hydrogen (secondary N) is 1. The minimum absolute atomic E-state index is 0.130. The van der Waals surface area contributed by atoms with Crippen LogP contribution in [-0.4, -0.2) is 55.7 Å². The highest BCUT2D eigenvalue weighted by molar-refractivity contribution is 5.78. The second kappa shape index (κ2) is 8.45. The van der Waals surface area contributed by atoms with Crippen LogP contribution in [0.5, 0.6) is 0 Å².